The SMILES string of the molecule is CCNC(Cc1ccc2c(c1)CCC2)c1cc(C)nn1C. The number of aryl methyl sites for hydroxylation is 4. The Morgan fingerprint density at radius 3 is 2.76 bits per heavy atom. The molecule has 21 heavy (non-hydrogen) atoms. The molecule has 0 spiro atoms. The molecule has 1 heterocycles. The predicted octanol–water partition coefficient (Wildman–Crippen LogP) is 3.11. The standard InChI is InChI=1S/C18H25N3/c1-4-19-17(18-10-13(2)20-21(18)3)12-14-8-9-15-6-5-7-16(15)11-14/h8-11,17,19H,4-7,12H2,1-3H3. The van der Waals surface area contributed by atoms with Crippen LogP contribution in [0, 0.1) is 6.92 Å². The Balaban J connectivity index is 1.83. The number of hydrogen-bond acceptors (Lipinski definition) is 2. The average molecular weight is 283 g/mol. The van der Waals surface area contributed by atoms with Gasteiger partial charge < -0.3 is 5.32 Å². The Kier molecular flexibility index (Phi) is 4.11. The fraction of sp³-hybridized carbons (Fsp3) is 0.500. The van der Waals surface area contributed by atoms with Crippen LogP contribution in [-0.4, -0.2) is 16.3 Å². The van der Waals surface area contributed by atoms with E-state index in [2.05, 4.69) is 48.5 Å². The zero-order valence-corrected chi connectivity index (χ0v) is 13.3. The lowest BCUT2D eigenvalue weighted by Crippen LogP contribution is -2.25. The molecule has 1 aliphatic rings. The van der Waals surface area contributed by atoms with Crippen molar-refractivity contribution in [3.8, 4) is 0 Å². The van der Waals surface area contributed by atoms with Gasteiger partial charge in [0, 0.05) is 7.05 Å². The zero-order valence-electron chi connectivity index (χ0n) is 13.3. The molecule has 3 heteroatoms. The van der Waals surface area contributed by atoms with Gasteiger partial charge in [0.25, 0.3) is 0 Å². The molecule has 1 aliphatic carbocycles. The number of nitrogens with zero attached hydrogens (tertiary/aromatic N) is 2. The summed E-state index contributed by atoms with van der Waals surface area (Å²) in [6.45, 7) is 5.20. The van der Waals surface area contributed by atoms with Crippen LogP contribution < -0.4 is 5.32 Å². The van der Waals surface area contributed by atoms with E-state index >= 15 is 0 Å². The zero-order chi connectivity index (χ0) is 14.8. The first-order valence-electron chi connectivity index (χ1n) is 8.02. The van der Waals surface area contributed by atoms with Crippen LogP contribution in [0.25, 0.3) is 0 Å². The molecule has 0 amide bonds. The maximum Gasteiger partial charge on any atom is 0.0597 e. The molecular weight excluding hydrogens is 258 g/mol. The lowest BCUT2D eigenvalue weighted by molar-refractivity contribution is 0.507. The smallest absolute Gasteiger partial charge is 0.0597 e. The highest BCUT2D eigenvalue weighted by Gasteiger charge is 2.17. The number of nitrogens with one attached hydrogen (secondary N) is 1. The van der Waals surface area contributed by atoms with Crippen LogP contribution in [0.2, 0.25) is 0 Å². The highest BCUT2D eigenvalue weighted by molar-refractivity contribution is 5.36. The summed E-state index contributed by atoms with van der Waals surface area (Å²) in [5, 5.41) is 8.10. The molecule has 0 radical (unpaired) electrons. The van der Waals surface area contributed by atoms with Crippen LogP contribution in [0.4, 0.5) is 0 Å². The number of aromatic nitrogens is 2. The van der Waals surface area contributed by atoms with Gasteiger partial charge in [0.2, 0.25) is 0 Å². The first kappa shape index (κ1) is 14.3. The van der Waals surface area contributed by atoms with Crippen molar-refractivity contribution in [2.24, 2.45) is 7.05 Å². The number of benzene rings is 1. The Morgan fingerprint density at radius 2 is 2.05 bits per heavy atom. The monoisotopic (exact) mass is 283 g/mol. The van der Waals surface area contributed by atoms with Gasteiger partial charge in [-0.2, -0.15) is 5.10 Å². The summed E-state index contributed by atoms with van der Waals surface area (Å²) < 4.78 is 2.01. The molecule has 1 aromatic heterocycles. The fourth-order valence-electron chi connectivity index (χ4n) is 3.47. The molecule has 2 aromatic rings. The Labute approximate surface area is 127 Å². The van der Waals surface area contributed by atoms with Crippen LogP contribution in [-0.2, 0) is 26.3 Å². The van der Waals surface area contributed by atoms with E-state index in [1.807, 2.05) is 11.7 Å². The summed E-state index contributed by atoms with van der Waals surface area (Å²) in [5.74, 6) is 0. The Hall–Kier alpha value is -1.61. The summed E-state index contributed by atoms with van der Waals surface area (Å²) in [7, 11) is 2.04. The van der Waals surface area contributed by atoms with Crippen LogP contribution in [0.15, 0.2) is 24.3 Å². The third kappa shape index (κ3) is 3.03. The second-order valence-electron chi connectivity index (χ2n) is 6.11. The van der Waals surface area contributed by atoms with E-state index in [1.165, 1.54) is 30.5 Å². The van der Waals surface area contributed by atoms with Gasteiger partial charge in [0.1, 0.15) is 0 Å². The van der Waals surface area contributed by atoms with Crippen molar-refractivity contribution < 1.29 is 0 Å². The minimum absolute atomic E-state index is 0.334. The minimum atomic E-state index is 0.334. The van der Waals surface area contributed by atoms with E-state index in [1.54, 1.807) is 11.1 Å². The van der Waals surface area contributed by atoms with Crippen molar-refractivity contribution in [3.63, 3.8) is 0 Å². The van der Waals surface area contributed by atoms with Gasteiger partial charge in [-0.25, -0.2) is 0 Å². The molecule has 112 valence electrons. The average Bonchev–Trinajstić information content (AvgIpc) is 3.04. The van der Waals surface area contributed by atoms with Crippen molar-refractivity contribution in [1.82, 2.24) is 15.1 Å². The molecule has 1 aromatic carbocycles. The highest BCUT2D eigenvalue weighted by Crippen LogP contribution is 2.25. The van der Waals surface area contributed by atoms with Gasteiger partial charge in [-0.05, 0) is 61.9 Å². The third-order valence-electron chi connectivity index (χ3n) is 4.45. The Bertz CT molecular complexity index is 627. The molecule has 3 rings (SSSR count). The number of likely N-dealkylation sites (N-methyl/N-ethyl adjacent to an activating group) is 1. The van der Waals surface area contributed by atoms with E-state index in [0.717, 1.165) is 18.7 Å². The van der Waals surface area contributed by atoms with Crippen molar-refractivity contribution in [2.75, 3.05) is 6.54 Å². The summed E-state index contributed by atoms with van der Waals surface area (Å²) in [5.41, 5.74) is 6.90. The second kappa shape index (κ2) is 6.02. The quantitative estimate of drug-likeness (QED) is 0.914. The number of fused-ring (bicyclic) bond motifs is 1. The predicted molar refractivity (Wildman–Crippen MR) is 86.5 cm³/mol. The Morgan fingerprint density at radius 1 is 1.24 bits per heavy atom. The molecule has 0 fully saturated rings. The molecule has 0 saturated heterocycles. The lowest BCUT2D eigenvalue weighted by Gasteiger charge is -2.19. The first-order valence-corrected chi connectivity index (χ1v) is 8.02. The maximum absolute atomic E-state index is 4.49. The first-order chi connectivity index (χ1) is 10.2. The fourth-order valence-corrected chi connectivity index (χ4v) is 3.47. The lowest BCUT2D eigenvalue weighted by atomic mass is 9.99. The van der Waals surface area contributed by atoms with Crippen LogP contribution in [0.3, 0.4) is 0 Å². The van der Waals surface area contributed by atoms with Gasteiger partial charge in [-0.15, -0.1) is 0 Å². The third-order valence-corrected chi connectivity index (χ3v) is 4.45. The van der Waals surface area contributed by atoms with Crippen molar-refractivity contribution in [1.29, 1.82) is 0 Å². The normalized spacial score (nSPS) is 15.2. The molecular formula is C18H25N3. The van der Waals surface area contributed by atoms with E-state index in [-0.39, 0.29) is 0 Å². The second-order valence-corrected chi connectivity index (χ2v) is 6.11. The van der Waals surface area contributed by atoms with Crippen molar-refractivity contribution in [3.05, 3.63) is 52.3 Å². The summed E-state index contributed by atoms with van der Waals surface area (Å²) >= 11 is 0. The van der Waals surface area contributed by atoms with E-state index in [4.69, 9.17) is 0 Å². The van der Waals surface area contributed by atoms with Crippen LogP contribution in [0.5, 0.6) is 0 Å². The maximum atomic E-state index is 4.49. The topological polar surface area (TPSA) is 29.9 Å². The summed E-state index contributed by atoms with van der Waals surface area (Å²) in [6, 6.07) is 9.57. The summed E-state index contributed by atoms with van der Waals surface area (Å²) in [6.07, 6.45) is 4.85. The van der Waals surface area contributed by atoms with E-state index in [9.17, 15) is 0 Å². The molecule has 3 nitrogen and oxygen atoms in total. The van der Waals surface area contributed by atoms with E-state index in [0.29, 0.717) is 6.04 Å². The molecule has 0 saturated carbocycles. The number of rotatable bonds is 5. The largest absolute Gasteiger partial charge is 0.309 e. The highest BCUT2D eigenvalue weighted by atomic mass is 15.3. The van der Waals surface area contributed by atoms with Gasteiger partial charge >= 0.3 is 0 Å². The van der Waals surface area contributed by atoms with Gasteiger partial charge in [0.05, 0.1) is 17.4 Å². The van der Waals surface area contributed by atoms with Crippen LogP contribution >= 0.6 is 0 Å². The summed E-state index contributed by atoms with van der Waals surface area (Å²) in [4.78, 5) is 0. The van der Waals surface area contributed by atoms with Gasteiger partial charge in [-0.3, -0.25) is 4.68 Å². The van der Waals surface area contributed by atoms with Crippen molar-refractivity contribution in [2.45, 2.75) is 45.6 Å². The molecule has 0 bridgehead atoms. The molecule has 1 atom stereocenters. The van der Waals surface area contributed by atoms with E-state index < -0.39 is 0 Å². The molecule has 1 unspecified atom stereocenters. The molecule has 0 aliphatic heterocycles. The van der Waals surface area contributed by atoms with Crippen molar-refractivity contribution >= 4 is 0 Å². The van der Waals surface area contributed by atoms with Gasteiger partial charge in [0.15, 0.2) is 0 Å². The van der Waals surface area contributed by atoms with Gasteiger partial charge in [-0.1, -0.05) is 25.1 Å². The molecule has 1 N–H and O–H groups in total. The number of hydrogen-bond donors (Lipinski definition) is 1. The minimum Gasteiger partial charge on any atom is -0.309 e. The van der Waals surface area contributed by atoms with Crippen LogP contribution in [0.1, 0.15) is 47.5 Å².